The molecule has 0 aliphatic heterocycles. The molecule has 5 rings (SSSR count). The largest absolute Gasteiger partial charge is 0.339 e. The van der Waals surface area contributed by atoms with Gasteiger partial charge < -0.3 is 14.4 Å². The van der Waals surface area contributed by atoms with E-state index in [4.69, 9.17) is 9.51 Å². The molecule has 28 heavy (non-hydrogen) atoms. The van der Waals surface area contributed by atoms with Crippen LogP contribution in [0.4, 0.5) is 5.69 Å². The smallest absolute Gasteiger partial charge is 0.227 e. The van der Waals surface area contributed by atoms with Crippen LogP contribution in [0, 0.1) is 0 Å². The van der Waals surface area contributed by atoms with Crippen molar-refractivity contribution >= 4 is 22.6 Å². The van der Waals surface area contributed by atoms with Gasteiger partial charge in [-0.05, 0) is 43.9 Å². The molecule has 2 aromatic heterocycles. The van der Waals surface area contributed by atoms with E-state index < -0.39 is 0 Å². The first-order valence-electron chi connectivity index (χ1n) is 10.3. The molecule has 3 aromatic rings. The minimum absolute atomic E-state index is 0.0571. The SMILES string of the molecule is Cn1c(C2CC2)nc2cc(NC(=O)CCc3nc(C4CCCC4)no3)ccc21. The molecule has 0 spiro atoms. The van der Waals surface area contributed by atoms with Gasteiger partial charge in [0.1, 0.15) is 5.82 Å². The molecule has 0 atom stereocenters. The van der Waals surface area contributed by atoms with Crippen LogP contribution in [0.3, 0.4) is 0 Å². The highest BCUT2D eigenvalue weighted by Crippen LogP contribution is 2.40. The lowest BCUT2D eigenvalue weighted by atomic mass is 10.1. The van der Waals surface area contributed by atoms with E-state index in [1.807, 2.05) is 18.2 Å². The number of rotatable bonds is 6. The molecule has 0 bridgehead atoms. The summed E-state index contributed by atoms with van der Waals surface area (Å²) in [6, 6.07) is 5.91. The minimum atomic E-state index is -0.0571. The van der Waals surface area contributed by atoms with Crippen molar-refractivity contribution in [1.29, 1.82) is 0 Å². The number of amides is 1. The lowest BCUT2D eigenvalue weighted by molar-refractivity contribution is -0.116. The van der Waals surface area contributed by atoms with E-state index in [-0.39, 0.29) is 5.91 Å². The van der Waals surface area contributed by atoms with Gasteiger partial charge in [0, 0.05) is 37.4 Å². The second-order valence-corrected chi connectivity index (χ2v) is 8.08. The summed E-state index contributed by atoms with van der Waals surface area (Å²) in [6.07, 6.45) is 7.97. The van der Waals surface area contributed by atoms with E-state index in [0.717, 1.165) is 41.2 Å². The third kappa shape index (κ3) is 3.41. The molecule has 7 heteroatoms. The van der Waals surface area contributed by atoms with Crippen LogP contribution in [0.2, 0.25) is 0 Å². The van der Waals surface area contributed by atoms with Crippen molar-refractivity contribution < 1.29 is 9.32 Å². The molecule has 2 heterocycles. The lowest BCUT2D eigenvalue weighted by Gasteiger charge is -2.04. The number of hydrogen-bond acceptors (Lipinski definition) is 5. The molecule has 1 N–H and O–H groups in total. The molecule has 2 aliphatic rings. The number of hydrogen-bond donors (Lipinski definition) is 1. The van der Waals surface area contributed by atoms with Gasteiger partial charge in [-0.2, -0.15) is 4.98 Å². The monoisotopic (exact) mass is 379 g/mol. The number of carbonyl (C=O) groups excluding carboxylic acids is 1. The highest BCUT2D eigenvalue weighted by molar-refractivity contribution is 5.93. The zero-order chi connectivity index (χ0) is 19.1. The Kier molecular flexibility index (Phi) is 4.37. The number of aromatic nitrogens is 4. The summed E-state index contributed by atoms with van der Waals surface area (Å²) in [5.41, 5.74) is 2.81. The Morgan fingerprint density at radius 3 is 2.79 bits per heavy atom. The molecule has 146 valence electrons. The van der Waals surface area contributed by atoms with Crippen molar-refractivity contribution in [2.45, 2.75) is 63.2 Å². The summed E-state index contributed by atoms with van der Waals surface area (Å²) < 4.78 is 7.49. The van der Waals surface area contributed by atoms with E-state index >= 15 is 0 Å². The van der Waals surface area contributed by atoms with Gasteiger partial charge >= 0.3 is 0 Å². The van der Waals surface area contributed by atoms with E-state index in [1.165, 1.54) is 25.7 Å². The van der Waals surface area contributed by atoms with Gasteiger partial charge in [0.05, 0.1) is 11.0 Å². The number of carbonyl (C=O) groups is 1. The number of aryl methyl sites for hydroxylation is 2. The Morgan fingerprint density at radius 1 is 1.18 bits per heavy atom. The normalized spacial score (nSPS) is 17.5. The van der Waals surface area contributed by atoms with Crippen LogP contribution >= 0.6 is 0 Å². The predicted octanol–water partition coefficient (Wildman–Crippen LogP) is 4.06. The number of fused-ring (bicyclic) bond motifs is 1. The molecule has 1 aromatic carbocycles. The van der Waals surface area contributed by atoms with Crippen LogP contribution in [-0.4, -0.2) is 25.6 Å². The van der Waals surface area contributed by atoms with E-state index in [2.05, 4.69) is 27.1 Å². The molecule has 7 nitrogen and oxygen atoms in total. The Morgan fingerprint density at radius 2 is 2.00 bits per heavy atom. The van der Waals surface area contributed by atoms with Crippen LogP contribution in [0.25, 0.3) is 11.0 Å². The first-order chi connectivity index (χ1) is 13.7. The third-order valence-electron chi connectivity index (χ3n) is 5.91. The number of benzene rings is 1. The average molecular weight is 379 g/mol. The van der Waals surface area contributed by atoms with Crippen LogP contribution in [0.15, 0.2) is 22.7 Å². The average Bonchev–Trinajstić information content (AvgIpc) is 3.09. The Hall–Kier alpha value is -2.70. The Labute approximate surface area is 163 Å². The second-order valence-electron chi connectivity index (χ2n) is 8.08. The highest BCUT2D eigenvalue weighted by atomic mass is 16.5. The van der Waals surface area contributed by atoms with Crippen LogP contribution < -0.4 is 5.32 Å². The summed E-state index contributed by atoms with van der Waals surface area (Å²) in [5.74, 6) is 3.47. The summed E-state index contributed by atoms with van der Waals surface area (Å²) in [7, 11) is 2.06. The molecule has 1 amide bonds. The molecular formula is C21H25N5O2. The first-order valence-corrected chi connectivity index (χ1v) is 10.3. The molecule has 2 saturated carbocycles. The van der Waals surface area contributed by atoms with Crippen LogP contribution in [0.1, 0.15) is 74.3 Å². The van der Waals surface area contributed by atoms with Gasteiger partial charge in [0.15, 0.2) is 5.82 Å². The maximum atomic E-state index is 12.3. The van der Waals surface area contributed by atoms with E-state index in [9.17, 15) is 4.79 Å². The summed E-state index contributed by atoms with van der Waals surface area (Å²) in [5, 5.41) is 7.06. The molecule has 0 radical (unpaired) electrons. The first kappa shape index (κ1) is 17.4. The number of anilines is 1. The molecule has 0 saturated heterocycles. The molecular weight excluding hydrogens is 354 g/mol. The summed E-state index contributed by atoms with van der Waals surface area (Å²) in [4.78, 5) is 21.6. The van der Waals surface area contributed by atoms with Gasteiger partial charge in [-0.25, -0.2) is 4.98 Å². The van der Waals surface area contributed by atoms with Gasteiger partial charge in [0.25, 0.3) is 0 Å². The van der Waals surface area contributed by atoms with Crippen molar-refractivity contribution in [3.05, 3.63) is 35.7 Å². The van der Waals surface area contributed by atoms with Gasteiger partial charge in [-0.3, -0.25) is 4.79 Å². The third-order valence-corrected chi connectivity index (χ3v) is 5.91. The quantitative estimate of drug-likeness (QED) is 0.698. The zero-order valence-electron chi connectivity index (χ0n) is 16.1. The number of nitrogens with zero attached hydrogens (tertiary/aromatic N) is 4. The zero-order valence-corrected chi connectivity index (χ0v) is 16.1. The van der Waals surface area contributed by atoms with Gasteiger partial charge in [-0.15, -0.1) is 0 Å². The van der Waals surface area contributed by atoms with Gasteiger partial charge in [-0.1, -0.05) is 18.0 Å². The van der Waals surface area contributed by atoms with Crippen LogP contribution in [-0.2, 0) is 18.3 Å². The van der Waals surface area contributed by atoms with Crippen molar-refractivity contribution in [2.75, 3.05) is 5.32 Å². The van der Waals surface area contributed by atoms with Crippen LogP contribution in [0.5, 0.6) is 0 Å². The Bertz CT molecular complexity index is 1010. The maximum absolute atomic E-state index is 12.3. The summed E-state index contributed by atoms with van der Waals surface area (Å²) in [6.45, 7) is 0. The van der Waals surface area contributed by atoms with E-state index in [0.29, 0.717) is 30.6 Å². The predicted molar refractivity (Wildman–Crippen MR) is 105 cm³/mol. The minimum Gasteiger partial charge on any atom is -0.339 e. The second kappa shape index (κ2) is 7.04. The van der Waals surface area contributed by atoms with Crippen molar-refractivity contribution in [1.82, 2.24) is 19.7 Å². The van der Waals surface area contributed by atoms with Crippen molar-refractivity contribution in [2.24, 2.45) is 7.05 Å². The standard InChI is InChI=1S/C21H25N5O2/c1-26-17-9-8-15(12-16(17)23-21(26)14-6-7-14)22-18(27)10-11-19-24-20(25-28-19)13-4-2-3-5-13/h8-9,12-14H,2-7,10-11H2,1H3,(H,22,27). The fraction of sp³-hybridized carbons (Fsp3) is 0.524. The lowest BCUT2D eigenvalue weighted by Crippen LogP contribution is -2.12. The molecule has 0 unspecified atom stereocenters. The number of imidazole rings is 1. The Balaban J connectivity index is 1.20. The fourth-order valence-corrected chi connectivity index (χ4v) is 4.17. The maximum Gasteiger partial charge on any atom is 0.227 e. The van der Waals surface area contributed by atoms with Gasteiger partial charge in [0.2, 0.25) is 11.8 Å². The van der Waals surface area contributed by atoms with Crippen molar-refractivity contribution in [3.63, 3.8) is 0 Å². The van der Waals surface area contributed by atoms with E-state index in [1.54, 1.807) is 0 Å². The fourth-order valence-electron chi connectivity index (χ4n) is 4.17. The topological polar surface area (TPSA) is 85.8 Å². The number of nitrogens with one attached hydrogen (secondary N) is 1. The molecule has 2 aliphatic carbocycles. The molecule has 2 fully saturated rings. The summed E-state index contributed by atoms with van der Waals surface area (Å²) >= 11 is 0. The highest BCUT2D eigenvalue weighted by Gasteiger charge is 2.28. The van der Waals surface area contributed by atoms with Crippen molar-refractivity contribution in [3.8, 4) is 0 Å².